The molecule has 8 heteroatoms. The highest BCUT2D eigenvalue weighted by atomic mass is 32.2. The van der Waals surface area contributed by atoms with E-state index in [9.17, 15) is 9.35 Å². The predicted molar refractivity (Wildman–Crippen MR) is 106 cm³/mol. The van der Waals surface area contributed by atoms with Gasteiger partial charge in [0, 0.05) is 41.8 Å². The van der Waals surface area contributed by atoms with Crippen LogP contribution in [0.15, 0.2) is 12.3 Å². The number of piperidine rings is 1. The number of hydrogen-bond acceptors (Lipinski definition) is 5. The summed E-state index contributed by atoms with van der Waals surface area (Å²) in [5, 5.41) is 4.44. The smallest absolute Gasteiger partial charge is 0.410 e. The summed E-state index contributed by atoms with van der Waals surface area (Å²) in [6, 6.07) is 2.10. The number of fused-ring (bicyclic) bond motifs is 2. The Morgan fingerprint density at radius 2 is 1.93 bits per heavy atom. The molecule has 152 valence electrons. The minimum Gasteiger partial charge on any atom is -0.598 e. The largest absolute Gasteiger partial charge is 0.598 e. The molecule has 0 bridgehead atoms. The Balaban J connectivity index is 1.75. The molecule has 1 unspecified atom stereocenters. The van der Waals surface area contributed by atoms with Crippen LogP contribution in [-0.4, -0.2) is 54.8 Å². The first kappa shape index (κ1) is 20.5. The summed E-state index contributed by atoms with van der Waals surface area (Å²) in [4.78, 5) is 14.2. The van der Waals surface area contributed by atoms with Crippen LogP contribution in [0.3, 0.4) is 0 Å². The third kappa shape index (κ3) is 4.12. The van der Waals surface area contributed by atoms with E-state index in [-0.39, 0.29) is 22.3 Å². The van der Waals surface area contributed by atoms with Crippen LogP contribution < -0.4 is 4.72 Å². The average Bonchev–Trinajstić information content (AvgIpc) is 3.09. The van der Waals surface area contributed by atoms with Crippen LogP contribution in [0.5, 0.6) is 0 Å². The Morgan fingerprint density at radius 1 is 1.30 bits per heavy atom. The fourth-order valence-electron chi connectivity index (χ4n) is 3.90. The van der Waals surface area contributed by atoms with Crippen molar-refractivity contribution in [3.63, 3.8) is 0 Å². The number of carbonyl (C=O) groups excluding carboxylic acids is 1. The van der Waals surface area contributed by atoms with Crippen LogP contribution in [0, 0.1) is 0 Å². The monoisotopic (exact) mass is 396 g/mol. The van der Waals surface area contributed by atoms with Crippen molar-refractivity contribution in [3.8, 4) is 0 Å². The maximum absolute atomic E-state index is 12.7. The lowest BCUT2D eigenvalue weighted by Gasteiger charge is -2.43. The lowest BCUT2D eigenvalue weighted by molar-refractivity contribution is 0.0152. The lowest BCUT2D eigenvalue weighted by Crippen LogP contribution is -2.56. The van der Waals surface area contributed by atoms with Crippen molar-refractivity contribution in [1.29, 1.82) is 0 Å². The number of ether oxygens (including phenoxy) is 1. The first-order chi connectivity index (χ1) is 12.4. The zero-order valence-corrected chi connectivity index (χ0v) is 18.1. The third-order valence-electron chi connectivity index (χ3n) is 5.36. The normalized spacial score (nSPS) is 23.4. The van der Waals surface area contributed by atoms with Gasteiger partial charge >= 0.3 is 6.09 Å². The summed E-state index contributed by atoms with van der Waals surface area (Å²) in [5.74, 6) is 0. The first-order valence-electron chi connectivity index (χ1n) is 9.61. The van der Waals surface area contributed by atoms with Gasteiger partial charge in [0.2, 0.25) is 0 Å². The van der Waals surface area contributed by atoms with Crippen molar-refractivity contribution < 1.29 is 14.1 Å². The molecule has 27 heavy (non-hydrogen) atoms. The molecule has 0 radical (unpaired) electrons. The maximum Gasteiger partial charge on any atom is 0.410 e. The van der Waals surface area contributed by atoms with E-state index in [0.29, 0.717) is 19.6 Å². The third-order valence-corrected chi connectivity index (χ3v) is 6.97. The van der Waals surface area contributed by atoms with E-state index >= 15 is 0 Å². The van der Waals surface area contributed by atoms with Gasteiger partial charge in [0.05, 0.1) is 12.6 Å². The second-order valence-electron chi connectivity index (χ2n) is 9.57. The highest BCUT2D eigenvalue weighted by molar-refractivity contribution is 7.90. The second kappa shape index (κ2) is 6.97. The minimum atomic E-state index is -1.15. The molecule has 2 aliphatic heterocycles. The number of nitrogens with one attached hydrogen (secondary N) is 1. The van der Waals surface area contributed by atoms with E-state index in [0.717, 1.165) is 12.8 Å². The van der Waals surface area contributed by atoms with Gasteiger partial charge in [0.25, 0.3) is 0 Å². The molecule has 1 saturated heterocycles. The standard InChI is InChI=1S/C19H32N4O3S/c1-17(2,3)26-16(24)22-11-8-19(9-12-22)14(21-27(25)18(4,5)6)13-23-15(19)7-10-20-23/h7,10,14,21H,8-9,11-13H2,1-6H3/t14-,27?/m1/s1. The fraction of sp³-hybridized carbons (Fsp3) is 0.789. The van der Waals surface area contributed by atoms with Gasteiger partial charge in [-0.25, -0.2) is 4.79 Å². The van der Waals surface area contributed by atoms with E-state index in [1.54, 1.807) is 4.90 Å². The topological polar surface area (TPSA) is 82.5 Å². The van der Waals surface area contributed by atoms with E-state index in [1.807, 2.05) is 52.4 Å². The molecule has 1 fully saturated rings. The number of nitrogens with zero attached hydrogens (tertiary/aromatic N) is 3. The molecule has 1 amide bonds. The minimum absolute atomic E-state index is 0.0436. The Bertz CT molecular complexity index is 684. The van der Waals surface area contributed by atoms with Crippen LogP contribution in [0.25, 0.3) is 0 Å². The van der Waals surface area contributed by atoms with Gasteiger partial charge in [-0.05, 0) is 60.5 Å². The molecule has 2 atom stereocenters. The zero-order chi connectivity index (χ0) is 20.0. The summed E-state index contributed by atoms with van der Waals surface area (Å²) < 4.78 is 23.3. The van der Waals surface area contributed by atoms with Crippen molar-refractivity contribution >= 4 is 17.5 Å². The maximum atomic E-state index is 12.7. The molecule has 0 aromatic carbocycles. The van der Waals surface area contributed by atoms with Gasteiger partial charge in [0.1, 0.15) is 10.3 Å². The number of likely N-dealkylation sites (tertiary alicyclic amines) is 1. The first-order valence-corrected chi connectivity index (χ1v) is 10.8. The predicted octanol–water partition coefficient (Wildman–Crippen LogP) is 2.59. The molecule has 1 N–H and O–H groups in total. The molecular formula is C19H32N4O3S. The molecule has 7 nitrogen and oxygen atoms in total. The molecule has 3 rings (SSSR count). The van der Waals surface area contributed by atoms with Gasteiger partial charge in [-0.1, -0.05) is 0 Å². The van der Waals surface area contributed by atoms with Crippen molar-refractivity contribution in [2.45, 2.75) is 82.7 Å². The molecule has 1 aromatic rings. The zero-order valence-electron chi connectivity index (χ0n) is 17.2. The highest BCUT2D eigenvalue weighted by Crippen LogP contribution is 2.44. The summed E-state index contributed by atoms with van der Waals surface area (Å²) in [7, 11) is 0. The molecule has 0 aliphatic carbocycles. The summed E-state index contributed by atoms with van der Waals surface area (Å²) in [5.41, 5.74) is 0.525. The molecule has 1 aromatic heterocycles. The Kier molecular flexibility index (Phi) is 5.29. The molecular weight excluding hydrogens is 364 g/mol. The number of hydrogen-bond donors (Lipinski definition) is 1. The molecule has 2 aliphatic rings. The SMILES string of the molecule is CC(C)(C)OC(=O)N1CCC2(CC1)c1ccnn1C[C@H]2N[S+]([O-])C(C)(C)C. The molecule has 3 heterocycles. The van der Waals surface area contributed by atoms with Gasteiger partial charge in [0.15, 0.2) is 0 Å². The Labute approximate surface area is 165 Å². The van der Waals surface area contributed by atoms with Crippen molar-refractivity contribution in [2.75, 3.05) is 13.1 Å². The van der Waals surface area contributed by atoms with Gasteiger partial charge < -0.3 is 14.2 Å². The second-order valence-corrected chi connectivity index (χ2v) is 11.6. The van der Waals surface area contributed by atoms with Crippen LogP contribution in [0.2, 0.25) is 0 Å². The quantitative estimate of drug-likeness (QED) is 0.777. The summed E-state index contributed by atoms with van der Waals surface area (Å²) >= 11 is -1.15. The Hall–Kier alpha value is -1.25. The highest BCUT2D eigenvalue weighted by Gasteiger charge is 2.52. The lowest BCUT2D eigenvalue weighted by atomic mass is 9.72. The van der Waals surface area contributed by atoms with E-state index in [4.69, 9.17) is 4.74 Å². The van der Waals surface area contributed by atoms with E-state index < -0.39 is 17.0 Å². The summed E-state index contributed by atoms with van der Waals surface area (Å²) in [6.45, 7) is 13.5. The van der Waals surface area contributed by atoms with Gasteiger partial charge in [-0.3, -0.25) is 4.68 Å². The van der Waals surface area contributed by atoms with Gasteiger partial charge in [-0.15, -0.1) is 4.72 Å². The van der Waals surface area contributed by atoms with Gasteiger partial charge in [-0.2, -0.15) is 5.10 Å². The van der Waals surface area contributed by atoms with Crippen molar-refractivity contribution in [2.24, 2.45) is 0 Å². The Morgan fingerprint density at radius 3 is 2.48 bits per heavy atom. The van der Waals surface area contributed by atoms with Crippen LogP contribution in [0.1, 0.15) is 60.1 Å². The molecule has 0 saturated carbocycles. The average molecular weight is 397 g/mol. The van der Waals surface area contributed by atoms with Crippen LogP contribution in [-0.2, 0) is 28.1 Å². The van der Waals surface area contributed by atoms with Crippen LogP contribution in [0.4, 0.5) is 4.79 Å². The van der Waals surface area contributed by atoms with Crippen molar-refractivity contribution in [1.82, 2.24) is 19.4 Å². The number of carbonyl (C=O) groups is 1. The number of aromatic nitrogens is 2. The van der Waals surface area contributed by atoms with Crippen molar-refractivity contribution in [3.05, 3.63) is 18.0 Å². The molecule has 1 spiro atoms. The summed E-state index contributed by atoms with van der Waals surface area (Å²) in [6.07, 6.45) is 3.17. The number of rotatable bonds is 2. The fourth-order valence-corrected chi connectivity index (χ4v) is 4.81. The number of amides is 1. The van der Waals surface area contributed by atoms with E-state index in [1.165, 1.54) is 5.69 Å². The van der Waals surface area contributed by atoms with E-state index in [2.05, 4.69) is 15.9 Å². The van der Waals surface area contributed by atoms with Crippen LogP contribution >= 0.6 is 0 Å².